The summed E-state index contributed by atoms with van der Waals surface area (Å²) in [5.74, 6) is 1.08. The fourth-order valence-electron chi connectivity index (χ4n) is 2.62. The maximum Gasteiger partial charge on any atom is 0.122 e. The molecular weight excluding hydrogens is 234 g/mol. The van der Waals surface area contributed by atoms with E-state index in [0.717, 1.165) is 25.3 Å². The van der Waals surface area contributed by atoms with E-state index in [1.165, 1.54) is 43.2 Å². The average molecular weight is 261 g/mol. The Hall–Kier alpha value is -1.02. The lowest BCUT2D eigenvalue weighted by Crippen LogP contribution is -2.25. The summed E-state index contributed by atoms with van der Waals surface area (Å²) < 4.78 is 5.53. The normalized spacial score (nSPS) is 15.1. The Kier molecular flexibility index (Phi) is 5.71. The number of nitrogens with one attached hydrogen (secondary N) is 1. The van der Waals surface area contributed by atoms with E-state index in [9.17, 15) is 0 Å². The van der Waals surface area contributed by atoms with Gasteiger partial charge in [0, 0.05) is 19.0 Å². The zero-order chi connectivity index (χ0) is 13.5. The van der Waals surface area contributed by atoms with E-state index in [-0.39, 0.29) is 0 Å². The van der Waals surface area contributed by atoms with Crippen molar-refractivity contribution in [1.29, 1.82) is 0 Å². The molecule has 1 unspecified atom stereocenters. The molecule has 0 saturated carbocycles. The van der Waals surface area contributed by atoms with Crippen molar-refractivity contribution in [1.82, 2.24) is 5.32 Å². The molecule has 1 aliphatic heterocycles. The molecule has 1 aliphatic rings. The van der Waals surface area contributed by atoms with Crippen LogP contribution in [0.15, 0.2) is 18.2 Å². The largest absolute Gasteiger partial charge is 0.493 e. The summed E-state index contributed by atoms with van der Waals surface area (Å²) in [5, 5.41) is 3.63. The van der Waals surface area contributed by atoms with Gasteiger partial charge in [0.2, 0.25) is 0 Å². The third-order valence-corrected chi connectivity index (χ3v) is 3.90. The Morgan fingerprint density at radius 3 is 3.00 bits per heavy atom. The number of fused-ring (bicyclic) bond motifs is 1. The molecule has 0 amide bonds. The van der Waals surface area contributed by atoms with Gasteiger partial charge in [0.25, 0.3) is 0 Å². The van der Waals surface area contributed by atoms with Crippen LogP contribution in [-0.4, -0.2) is 12.6 Å². The standard InChI is InChI=1S/C17H27NO/c1-3-4-5-6-7-14(2)18-13-15-8-9-17-16(12-15)10-11-19-17/h8-9,12,14,18H,3-7,10-11,13H2,1-2H3. The lowest BCUT2D eigenvalue weighted by molar-refractivity contribution is 0.357. The quantitative estimate of drug-likeness (QED) is 0.712. The molecule has 0 saturated heterocycles. The number of hydrogen-bond donors (Lipinski definition) is 1. The van der Waals surface area contributed by atoms with Crippen LogP contribution in [0, 0.1) is 0 Å². The molecule has 0 fully saturated rings. The van der Waals surface area contributed by atoms with E-state index in [1.54, 1.807) is 0 Å². The third kappa shape index (κ3) is 4.54. The predicted molar refractivity (Wildman–Crippen MR) is 80.7 cm³/mol. The third-order valence-electron chi connectivity index (χ3n) is 3.90. The second-order valence-corrected chi connectivity index (χ2v) is 5.67. The summed E-state index contributed by atoms with van der Waals surface area (Å²) in [6, 6.07) is 7.20. The van der Waals surface area contributed by atoms with E-state index in [4.69, 9.17) is 4.74 Å². The highest BCUT2D eigenvalue weighted by Crippen LogP contribution is 2.25. The van der Waals surface area contributed by atoms with Crippen molar-refractivity contribution < 1.29 is 4.74 Å². The molecule has 1 N–H and O–H groups in total. The minimum atomic E-state index is 0.612. The molecule has 0 spiro atoms. The van der Waals surface area contributed by atoms with Gasteiger partial charge in [-0.25, -0.2) is 0 Å². The summed E-state index contributed by atoms with van der Waals surface area (Å²) in [6.07, 6.45) is 7.76. The summed E-state index contributed by atoms with van der Waals surface area (Å²) in [6.45, 7) is 6.38. The van der Waals surface area contributed by atoms with Gasteiger partial charge in [0.05, 0.1) is 6.61 Å². The van der Waals surface area contributed by atoms with Gasteiger partial charge in [-0.05, 0) is 30.5 Å². The van der Waals surface area contributed by atoms with Crippen molar-refractivity contribution in [3.05, 3.63) is 29.3 Å². The zero-order valence-corrected chi connectivity index (χ0v) is 12.4. The number of rotatable bonds is 8. The summed E-state index contributed by atoms with van der Waals surface area (Å²) in [5.41, 5.74) is 2.75. The van der Waals surface area contributed by atoms with Crippen LogP contribution < -0.4 is 10.1 Å². The molecule has 1 heterocycles. The minimum Gasteiger partial charge on any atom is -0.493 e. The van der Waals surface area contributed by atoms with E-state index in [1.807, 2.05) is 0 Å². The highest BCUT2D eigenvalue weighted by Gasteiger charge is 2.12. The van der Waals surface area contributed by atoms with Crippen LogP contribution in [0.3, 0.4) is 0 Å². The Labute approximate surface area is 117 Å². The molecule has 1 atom stereocenters. The van der Waals surface area contributed by atoms with E-state index in [0.29, 0.717) is 6.04 Å². The van der Waals surface area contributed by atoms with E-state index in [2.05, 4.69) is 37.4 Å². The second kappa shape index (κ2) is 7.54. The number of unbranched alkanes of at least 4 members (excludes halogenated alkanes) is 3. The van der Waals surface area contributed by atoms with Gasteiger partial charge in [0.1, 0.15) is 5.75 Å². The lowest BCUT2D eigenvalue weighted by Gasteiger charge is -2.14. The molecule has 2 rings (SSSR count). The van der Waals surface area contributed by atoms with Crippen LogP contribution in [0.2, 0.25) is 0 Å². The number of benzene rings is 1. The smallest absolute Gasteiger partial charge is 0.122 e. The molecule has 0 aliphatic carbocycles. The molecule has 2 nitrogen and oxygen atoms in total. The first-order valence-electron chi connectivity index (χ1n) is 7.77. The van der Waals surface area contributed by atoms with Crippen molar-refractivity contribution in [3.63, 3.8) is 0 Å². The van der Waals surface area contributed by atoms with Gasteiger partial charge in [-0.3, -0.25) is 0 Å². The first kappa shape index (κ1) is 14.4. The van der Waals surface area contributed by atoms with E-state index >= 15 is 0 Å². The maximum atomic E-state index is 5.53. The molecule has 0 bridgehead atoms. The van der Waals surface area contributed by atoms with Crippen molar-refractivity contribution in [2.75, 3.05) is 6.61 Å². The highest BCUT2D eigenvalue weighted by atomic mass is 16.5. The monoisotopic (exact) mass is 261 g/mol. The number of ether oxygens (including phenoxy) is 1. The molecule has 0 aromatic heterocycles. The second-order valence-electron chi connectivity index (χ2n) is 5.67. The van der Waals surface area contributed by atoms with Crippen LogP contribution in [0.1, 0.15) is 57.1 Å². The van der Waals surface area contributed by atoms with Gasteiger partial charge < -0.3 is 10.1 Å². The Morgan fingerprint density at radius 2 is 2.16 bits per heavy atom. The predicted octanol–water partition coefficient (Wildman–Crippen LogP) is 4.07. The first-order valence-corrected chi connectivity index (χ1v) is 7.77. The van der Waals surface area contributed by atoms with Gasteiger partial charge in [-0.1, -0.05) is 44.7 Å². The van der Waals surface area contributed by atoms with E-state index < -0.39 is 0 Å². The average Bonchev–Trinajstić information content (AvgIpc) is 2.89. The van der Waals surface area contributed by atoms with Crippen LogP contribution in [-0.2, 0) is 13.0 Å². The zero-order valence-electron chi connectivity index (χ0n) is 12.4. The fraction of sp³-hybridized carbons (Fsp3) is 0.647. The minimum absolute atomic E-state index is 0.612. The van der Waals surface area contributed by atoms with Crippen LogP contribution in [0.4, 0.5) is 0 Å². The molecule has 0 radical (unpaired) electrons. The number of hydrogen-bond acceptors (Lipinski definition) is 2. The van der Waals surface area contributed by atoms with Gasteiger partial charge in [-0.2, -0.15) is 0 Å². The fourth-order valence-corrected chi connectivity index (χ4v) is 2.62. The summed E-state index contributed by atoms with van der Waals surface area (Å²) in [4.78, 5) is 0. The topological polar surface area (TPSA) is 21.3 Å². The molecule has 19 heavy (non-hydrogen) atoms. The SMILES string of the molecule is CCCCCCC(C)NCc1ccc2c(c1)CCO2. The van der Waals surface area contributed by atoms with Crippen LogP contribution in [0.5, 0.6) is 5.75 Å². The molecule has 1 aromatic rings. The van der Waals surface area contributed by atoms with Crippen LogP contribution >= 0.6 is 0 Å². The molecule has 1 aromatic carbocycles. The highest BCUT2D eigenvalue weighted by molar-refractivity contribution is 5.39. The Morgan fingerprint density at radius 1 is 1.26 bits per heavy atom. The van der Waals surface area contributed by atoms with Gasteiger partial charge in [-0.15, -0.1) is 0 Å². The molecular formula is C17H27NO. The summed E-state index contributed by atoms with van der Waals surface area (Å²) >= 11 is 0. The summed E-state index contributed by atoms with van der Waals surface area (Å²) in [7, 11) is 0. The maximum absolute atomic E-state index is 5.53. The van der Waals surface area contributed by atoms with Crippen molar-refractivity contribution in [2.45, 2.75) is 65.0 Å². The van der Waals surface area contributed by atoms with Crippen molar-refractivity contribution in [3.8, 4) is 5.75 Å². The van der Waals surface area contributed by atoms with Crippen LogP contribution in [0.25, 0.3) is 0 Å². The Balaban J connectivity index is 1.70. The Bertz CT molecular complexity index is 389. The van der Waals surface area contributed by atoms with Gasteiger partial charge in [0.15, 0.2) is 0 Å². The van der Waals surface area contributed by atoms with Gasteiger partial charge >= 0.3 is 0 Å². The van der Waals surface area contributed by atoms with Crippen molar-refractivity contribution >= 4 is 0 Å². The van der Waals surface area contributed by atoms with Crippen molar-refractivity contribution in [2.24, 2.45) is 0 Å². The lowest BCUT2D eigenvalue weighted by atomic mass is 10.1. The molecule has 106 valence electrons. The first-order chi connectivity index (χ1) is 9.29. The molecule has 2 heteroatoms.